The first-order chi connectivity index (χ1) is 12.3. The molecule has 0 unspecified atom stereocenters. The van der Waals surface area contributed by atoms with Gasteiger partial charge in [-0.05, 0) is 49.3 Å². The number of rotatable bonds is 2. The van der Waals surface area contributed by atoms with Gasteiger partial charge in [-0.15, -0.1) is 0 Å². The molecule has 2 aliphatic heterocycles. The lowest BCUT2D eigenvalue weighted by atomic mass is 10.2. The Morgan fingerprint density at radius 3 is 2.27 bits per heavy atom. The quantitative estimate of drug-likeness (QED) is 0.791. The number of amides is 1. The summed E-state index contributed by atoms with van der Waals surface area (Å²) in [7, 11) is 0. The van der Waals surface area contributed by atoms with Gasteiger partial charge >= 0.3 is 6.18 Å². The second-order valence-electron chi connectivity index (χ2n) is 6.32. The van der Waals surface area contributed by atoms with Gasteiger partial charge in [0.2, 0.25) is 0 Å². The van der Waals surface area contributed by atoms with Crippen LogP contribution in [0.1, 0.15) is 18.4 Å². The van der Waals surface area contributed by atoms with Crippen molar-refractivity contribution in [3.63, 3.8) is 0 Å². The minimum absolute atomic E-state index is 0.0313. The van der Waals surface area contributed by atoms with Crippen LogP contribution < -0.4 is 5.32 Å². The molecule has 142 valence electrons. The van der Waals surface area contributed by atoms with Gasteiger partial charge in [0.05, 0.1) is 5.56 Å². The van der Waals surface area contributed by atoms with Crippen LogP contribution in [0.3, 0.4) is 0 Å². The first-order valence-electron chi connectivity index (χ1n) is 8.48. The molecule has 0 saturated carbocycles. The summed E-state index contributed by atoms with van der Waals surface area (Å²) in [4.78, 5) is 16.0. The maximum Gasteiger partial charge on any atom is 0.416 e. The minimum atomic E-state index is -4.36. The highest BCUT2D eigenvalue weighted by Crippen LogP contribution is 2.29. The summed E-state index contributed by atoms with van der Waals surface area (Å²) in [6.45, 7) is 2.88. The third-order valence-electron chi connectivity index (χ3n) is 4.55. The van der Waals surface area contributed by atoms with Crippen LogP contribution in [0.15, 0.2) is 24.3 Å². The van der Waals surface area contributed by atoms with Crippen LogP contribution in [0.25, 0.3) is 0 Å². The number of benzene rings is 1. The highest BCUT2D eigenvalue weighted by Gasteiger charge is 2.31. The van der Waals surface area contributed by atoms with Crippen molar-refractivity contribution in [1.82, 2.24) is 9.80 Å². The average molecular weight is 387 g/mol. The van der Waals surface area contributed by atoms with E-state index in [0.717, 1.165) is 25.0 Å². The molecular weight excluding hydrogens is 367 g/mol. The van der Waals surface area contributed by atoms with E-state index in [1.807, 2.05) is 4.90 Å². The van der Waals surface area contributed by atoms with Gasteiger partial charge in [-0.1, -0.05) is 0 Å². The molecule has 2 aliphatic rings. The summed E-state index contributed by atoms with van der Waals surface area (Å²) >= 11 is 5.34. The standard InChI is InChI=1S/C17H20F3N3O2S/c18-17(19,20)12-3-5-13(6-4-12)21-16(26)23-9-7-22(8-10-23)15(24)14-2-1-11-25-14/h3-6,14H,1-2,7-11H2,(H,21,26)/t14-/m0/s1. The predicted molar refractivity (Wildman–Crippen MR) is 94.8 cm³/mol. The number of carbonyl (C=O) groups excluding carboxylic acids is 1. The number of hydrogen-bond acceptors (Lipinski definition) is 3. The number of anilines is 1. The lowest BCUT2D eigenvalue weighted by Gasteiger charge is -2.37. The Balaban J connectivity index is 1.50. The molecule has 1 atom stereocenters. The summed E-state index contributed by atoms with van der Waals surface area (Å²) in [5.74, 6) is 0.0313. The van der Waals surface area contributed by atoms with Crippen LogP contribution in [-0.4, -0.2) is 59.7 Å². The lowest BCUT2D eigenvalue weighted by Crippen LogP contribution is -2.53. The van der Waals surface area contributed by atoms with E-state index < -0.39 is 11.7 Å². The van der Waals surface area contributed by atoms with E-state index in [-0.39, 0.29) is 12.0 Å². The largest absolute Gasteiger partial charge is 0.416 e. The fourth-order valence-corrected chi connectivity index (χ4v) is 3.35. The fraction of sp³-hybridized carbons (Fsp3) is 0.529. The Kier molecular flexibility index (Phi) is 5.67. The molecule has 1 aromatic rings. The van der Waals surface area contributed by atoms with E-state index in [2.05, 4.69) is 5.32 Å². The van der Waals surface area contributed by atoms with Crippen LogP contribution >= 0.6 is 12.2 Å². The Morgan fingerprint density at radius 1 is 1.12 bits per heavy atom. The Morgan fingerprint density at radius 2 is 1.73 bits per heavy atom. The van der Waals surface area contributed by atoms with E-state index in [1.165, 1.54) is 12.1 Å². The smallest absolute Gasteiger partial charge is 0.368 e. The molecular formula is C17H20F3N3O2S. The van der Waals surface area contributed by atoms with E-state index in [4.69, 9.17) is 17.0 Å². The molecule has 0 bridgehead atoms. The molecule has 3 rings (SSSR count). The second-order valence-corrected chi connectivity index (χ2v) is 6.71. The van der Waals surface area contributed by atoms with E-state index in [9.17, 15) is 18.0 Å². The third-order valence-corrected chi connectivity index (χ3v) is 4.91. The summed E-state index contributed by atoms with van der Waals surface area (Å²) in [6.07, 6.45) is -2.99. The summed E-state index contributed by atoms with van der Waals surface area (Å²) in [6, 6.07) is 4.74. The van der Waals surface area contributed by atoms with E-state index in [0.29, 0.717) is 43.6 Å². The zero-order valence-electron chi connectivity index (χ0n) is 14.1. The molecule has 0 radical (unpaired) electrons. The first-order valence-corrected chi connectivity index (χ1v) is 8.89. The van der Waals surface area contributed by atoms with E-state index >= 15 is 0 Å². The molecule has 2 saturated heterocycles. The van der Waals surface area contributed by atoms with Gasteiger partial charge in [0.1, 0.15) is 6.10 Å². The number of nitrogens with one attached hydrogen (secondary N) is 1. The fourth-order valence-electron chi connectivity index (χ4n) is 3.05. The molecule has 1 aromatic carbocycles. The van der Waals surface area contributed by atoms with Gasteiger partial charge in [-0.3, -0.25) is 4.79 Å². The Labute approximate surface area is 155 Å². The summed E-state index contributed by atoms with van der Waals surface area (Å²) in [5.41, 5.74) is -0.198. The topological polar surface area (TPSA) is 44.8 Å². The van der Waals surface area contributed by atoms with Gasteiger partial charge in [0.25, 0.3) is 5.91 Å². The van der Waals surface area contributed by atoms with E-state index in [1.54, 1.807) is 4.90 Å². The van der Waals surface area contributed by atoms with Crippen LogP contribution in [0.2, 0.25) is 0 Å². The number of ether oxygens (including phenoxy) is 1. The molecule has 1 N–H and O–H groups in total. The predicted octanol–water partition coefficient (Wildman–Crippen LogP) is 2.73. The summed E-state index contributed by atoms with van der Waals surface area (Å²) in [5, 5.41) is 3.39. The molecule has 0 aliphatic carbocycles. The van der Waals surface area contributed by atoms with Gasteiger partial charge in [-0.2, -0.15) is 13.2 Å². The van der Waals surface area contributed by atoms with Gasteiger partial charge in [-0.25, -0.2) is 0 Å². The normalized spacial score (nSPS) is 21.0. The maximum absolute atomic E-state index is 12.6. The van der Waals surface area contributed by atoms with Crippen molar-refractivity contribution in [2.24, 2.45) is 0 Å². The molecule has 0 spiro atoms. The first kappa shape index (κ1) is 18.9. The second kappa shape index (κ2) is 7.79. The number of hydrogen-bond donors (Lipinski definition) is 1. The third kappa shape index (κ3) is 4.45. The number of halogens is 3. The van der Waals surface area contributed by atoms with Crippen molar-refractivity contribution in [3.8, 4) is 0 Å². The zero-order valence-corrected chi connectivity index (χ0v) is 14.9. The van der Waals surface area contributed by atoms with Crippen LogP contribution in [0.5, 0.6) is 0 Å². The van der Waals surface area contributed by atoms with Crippen molar-refractivity contribution in [3.05, 3.63) is 29.8 Å². The zero-order chi connectivity index (χ0) is 18.7. The van der Waals surface area contributed by atoms with Crippen molar-refractivity contribution >= 4 is 28.9 Å². The average Bonchev–Trinajstić information content (AvgIpc) is 3.15. The molecule has 2 heterocycles. The molecule has 5 nitrogen and oxygen atoms in total. The molecule has 9 heteroatoms. The van der Waals surface area contributed by atoms with Crippen LogP contribution in [-0.2, 0) is 15.7 Å². The molecule has 26 heavy (non-hydrogen) atoms. The molecule has 0 aromatic heterocycles. The van der Waals surface area contributed by atoms with Gasteiger partial charge in [0.15, 0.2) is 5.11 Å². The van der Waals surface area contributed by atoms with Gasteiger partial charge < -0.3 is 19.9 Å². The van der Waals surface area contributed by atoms with Gasteiger partial charge in [0, 0.05) is 38.5 Å². The minimum Gasteiger partial charge on any atom is -0.368 e. The Bertz CT molecular complexity index is 652. The molecule has 2 fully saturated rings. The number of alkyl halides is 3. The highest BCUT2D eigenvalue weighted by molar-refractivity contribution is 7.80. The van der Waals surface area contributed by atoms with Crippen molar-refractivity contribution in [1.29, 1.82) is 0 Å². The summed E-state index contributed by atoms with van der Waals surface area (Å²) < 4.78 is 43.2. The Hall–Kier alpha value is -1.87. The van der Waals surface area contributed by atoms with Crippen LogP contribution in [0.4, 0.5) is 18.9 Å². The SMILES string of the molecule is O=C([C@@H]1CCCO1)N1CCN(C(=S)Nc2ccc(C(F)(F)F)cc2)CC1. The lowest BCUT2D eigenvalue weighted by molar-refractivity contribution is -0.142. The molecule has 1 amide bonds. The monoisotopic (exact) mass is 387 g/mol. The number of carbonyl (C=O) groups is 1. The van der Waals surface area contributed by atoms with Crippen LogP contribution in [0, 0.1) is 0 Å². The van der Waals surface area contributed by atoms with Crippen molar-refractivity contribution in [2.75, 3.05) is 38.1 Å². The van der Waals surface area contributed by atoms with Crippen molar-refractivity contribution < 1.29 is 22.7 Å². The number of thiocarbonyl (C=S) groups is 1. The number of nitrogens with zero attached hydrogens (tertiary/aromatic N) is 2. The van der Waals surface area contributed by atoms with Crippen molar-refractivity contribution in [2.45, 2.75) is 25.1 Å². The highest BCUT2D eigenvalue weighted by atomic mass is 32.1. The number of piperazine rings is 1. The maximum atomic E-state index is 12.6.